The van der Waals surface area contributed by atoms with Gasteiger partial charge in [0, 0.05) is 14.3 Å². The van der Waals surface area contributed by atoms with Crippen molar-refractivity contribution < 1.29 is 5.11 Å². The molecule has 84 valence electrons. The molecule has 0 aliphatic heterocycles. The molecule has 0 unspecified atom stereocenters. The Morgan fingerprint density at radius 3 is 2.29 bits per heavy atom. The van der Waals surface area contributed by atoms with Crippen molar-refractivity contribution in [2.45, 2.75) is 9.79 Å². The summed E-state index contributed by atoms with van der Waals surface area (Å²) in [5.74, 6) is 0.0228. The first-order chi connectivity index (χ1) is 8.19. The summed E-state index contributed by atoms with van der Waals surface area (Å²) >= 11 is 4.92. The zero-order valence-corrected chi connectivity index (χ0v) is 11.1. The van der Waals surface area contributed by atoms with Crippen LogP contribution in [0.3, 0.4) is 0 Å². The van der Waals surface area contributed by atoms with Crippen molar-refractivity contribution in [3.8, 4) is 11.8 Å². The van der Waals surface area contributed by atoms with Gasteiger partial charge in [0.1, 0.15) is 11.8 Å². The first-order valence-corrected chi connectivity index (χ1v) is 6.46. The molecule has 2 rings (SSSR count). The molecule has 0 saturated heterocycles. The smallest absolute Gasteiger partial charge is 0.134 e. The molecule has 0 heterocycles. The number of nitriles is 1. The lowest BCUT2D eigenvalue weighted by atomic mass is 10.2. The van der Waals surface area contributed by atoms with Crippen LogP contribution in [0, 0.1) is 11.3 Å². The van der Waals surface area contributed by atoms with Gasteiger partial charge in [-0.2, -0.15) is 5.26 Å². The van der Waals surface area contributed by atoms with Crippen molar-refractivity contribution in [3.63, 3.8) is 0 Å². The number of hydrogen-bond donors (Lipinski definition) is 1. The zero-order valence-electron chi connectivity index (χ0n) is 8.72. The van der Waals surface area contributed by atoms with Gasteiger partial charge in [0.05, 0.1) is 5.56 Å². The van der Waals surface area contributed by atoms with Crippen LogP contribution in [-0.2, 0) is 0 Å². The largest absolute Gasteiger partial charge is 0.507 e. The Hall–Kier alpha value is -1.44. The number of nitrogens with zero attached hydrogens (tertiary/aromatic N) is 1. The van der Waals surface area contributed by atoms with Gasteiger partial charge in [-0.25, -0.2) is 0 Å². The average molecular weight is 306 g/mol. The molecule has 0 amide bonds. The second kappa shape index (κ2) is 5.26. The number of benzene rings is 2. The number of halogens is 1. The van der Waals surface area contributed by atoms with Crippen molar-refractivity contribution in [1.82, 2.24) is 0 Å². The van der Waals surface area contributed by atoms with E-state index in [1.165, 1.54) is 11.8 Å². The van der Waals surface area contributed by atoms with Crippen LogP contribution in [0.15, 0.2) is 56.7 Å². The number of phenolic OH excluding ortho intramolecular Hbond substituents is 1. The molecule has 1 N–H and O–H groups in total. The van der Waals surface area contributed by atoms with Crippen molar-refractivity contribution >= 4 is 27.7 Å². The van der Waals surface area contributed by atoms with Crippen LogP contribution in [-0.4, -0.2) is 5.11 Å². The highest BCUT2D eigenvalue weighted by atomic mass is 79.9. The van der Waals surface area contributed by atoms with Crippen LogP contribution >= 0.6 is 27.7 Å². The van der Waals surface area contributed by atoms with E-state index in [-0.39, 0.29) is 5.75 Å². The Balaban J connectivity index is 2.22. The molecular formula is C13H8BrNOS. The molecule has 2 aromatic rings. The van der Waals surface area contributed by atoms with E-state index in [1.54, 1.807) is 12.1 Å². The fourth-order valence-electron chi connectivity index (χ4n) is 1.31. The summed E-state index contributed by atoms with van der Waals surface area (Å²) < 4.78 is 1.03. The van der Waals surface area contributed by atoms with E-state index >= 15 is 0 Å². The summed E-state index contributed by atoms with van der Waals surface area (Å²) in [4.78, 5) is 1.99. The Morgan fingerprint density at radius 2 is 1.71 bits per heavy atom. The maximum absolute atomic E-state index is 9.57. The predicted molar refractivity (Wildman–Crippen MR) is 71.1 cm³/mol. The molecule has 17 heavy (non-hydrogen) atoms. The lowest BCUT2D eigenvalue weighted by Gasteiger charge is -2.03. The quantitative estimate of drug-likeness (QED) is 0.905. The first-order valence-electron chi connectivity index (χ1n) is 4.85. The molecule has 2 aromatic carbocycles. The lowest BCUT2D eigenvalue weighted by Crippen LogP contribution is -1.78. The Morgan fingerprint density at radius 1 is 1.06 bits per heavy atom. The first kappa shape index (κ1) is 12.0. The summed E-state index contributed by atoms with van der Waals surface area (Å²) in [6.07, 6.45) is 0. The summed E-state index contributed by atoms with van der Waals surface area (Å²) in [5.41, 5.74) is 0.296. The van der Waals surface area contributed by atoms with Crippen molar-refractivity contribution in [1.29, 1.82) is 5.26 Å². The van der Waals surface area contributed by atoms with E-state index in [1.807, 2.05) is 36.4 Å². The van der Waals surface area contributed by atoms with Gasteiger partial charge in [-0.3, -0.25) is 0 Å². The van der Waals surface area contributed by atoms with Gasteiger partial charge in [0.15, 0.2) is 0 Å². The number of rotatable bonds is 2. The highest BCUT2D eigenvalue weighted by Gasteiger charge is 2.03. The topological polar surface area (TPSA) is 44.0 Å². The van der Waals surface area contributed by atoms with Crippen molar-refractivity contribution in [2.75, 3.05) is 0 Å². The van der Waals surface area contributed by atoms with E-state index in [2.05, 4.69) is 15.9 Å². The molecule has 4 heteroatoms. The minimum Gasteiger partial charge on any atom is -0.507 e. The van der Waals surface area contributed by atoms with Gasteiger partial charge in [0.2, 0.25) is 0 Å². The number of hydrogen-bond acceptors (Lipinski definition) is 3. The molecule has 0 aliphatic carbocycles. The van der Waals surface area contributed by atoms with Crippen LogP contribution in [0.5, 0.6) is 5.75 Å². The zero-order chi connectivity index (χ0) is 12.3. The Labute approximate surface area is 112 Å². The maximum Gasteiger partial charge on any atom is 0.134 e. The second-order valence-electron chi connectivity index (χ2n) is 3.35. The number of phenols is 1. The minimum atomic E-state index is 0.0228. The van der Waals surface area contributed by atoms with Gasteiger partial charge < -0.3 is 5.11 Å². The van der Waals surface area contributed by atoms with Crippen molar-refractivity contribution in [2.24, 2.45) is 0 Å². The van der Waals surface area contributed by atoms with E-state index in [4.69, 9.17) is 5.26 Å². The van der Waals surface area contributed by atoms with Gasteiger partial charge in [-0.15, -0.1) is 0 Å². The Bertz CT molecular complexity index is 575. The van der Waals surface area contributed by atoms with Crippen LogP contribution in [0.4, 0.5) is 0 Å². The highest BCUT2D eigenvalue weighted by molar-refractivity contribution is 9.10. The normalized spacial score (nSPS) is 9.88. The average Bonchev–Trinajstić information content (AvgIpc) is 2.32. The molecule has 0 bridgehead atoms. The number of aromatic hydroxyl groups is 1. The van der Waals surface area contributed by atoms with Crippen LogP contribution in [0.25, 0.3) is 0 Å². The monoisotopic (exact) mass is 305 g/mol. The Kier molecular flexibility index (Phi) is 3.72. The molecule has 0 aromatic heterocycles. The standard InChI is InChI=1S/C13H8BrNOS/c14-10-2-5-11(6-3-10)17-12-4-1-9(8-15)13(16)7-12/h1-7,16H. The third-order valence-electron chi connectivity index (χ3n) is 2.14. The van der Waals surface area contributed by atoms with E-state index < -0.39 is 0 Å². The second-order valence-corrected chi connectivity index (χ2v) is 5.41. The van der Waals surface area contributed by atoms with Gasteiger partial charge in [-0.1, -0.05) is 27.7 Å². The van der Waals surface area contributed by atoms with Crippen LogP contribution in [0.2, 0.25) is 0 Å². The van der Waals surface area contributed by atoms with Gasteiger partial charge in [-0.05, 0) is 42.5 Å². The summed E-state index contributed by atoms with van der Waals surface area (Å²) in [5, 5.41) is 18.3. The molecule has 0 fully saturated rings. The lowest BCUT2D eigenvalue weighted by molar-refractivity contribution is 0.472. The van der Waals surface area contributed by atoms with Crippen molar-refractivity contribution in [3.05, 3.63) is 52.5 Å². The highest BCUT2D eigenvalue weighted by Crippen LogP contribution is 2.31. The third-order valence-corrected chi connectivity index (χ3v) is 3.67. The molecule has 0 spiro atoms. The third kappa shape index (κ3) is 3.02. The fourth-order valence-corrected chi connectivity index (χ4v) is 2.42. The summed E-state index contributed by atoms with van der Waals surface area (Å²) in [6.45, 7) is 0. The van der Waals surface area contributed by atoms with Gasteiger partial charge >= 0.3 is 0 Å². The molecule has 2 nitrogen and oxygen atoms in total. The van der Waals surface area contributed by atoms with Crippen LogP contribution < -0.4 is 0 Å². The fraction of sp³-hybridized carbons (Fsp3) is 0. The van der Waals surface area contributed by atoms with Crippen LogP contribution in [0.1, 0.15) is 5.56 Å². The van der Waals surface area contributed by atoms with E-state index in [9.17, 15) is 5.11 Å². The van der Waals surface area contributed by atoms with E-state index in [0.717, 1.165) is 14.3 Å². The molecule has 0 atom stereocenters. The SMILES string of the molecule is N#Cc1ccc(Sc2ccc(Br)cc2)cc1O. The molecular weight excluding hydrogens is 298 g/mol. The maximum atomic E-state index is 9.57. The molecule has 0 aliphatic rings. The molecule has 0 radical (unpaired) electrons. The predicted octanol–water partition coefficient (Wildman–Crippen LogP) is 4.18. The minimum absolute atomic E-state index is 0.0228. The molecule has 0 saturated carbocycles. The van der Waals surface area contributed by atoms with Gasteiger partial charge in [0.25, 0.3) is 0 Å². The summed E-state index contributed by atoms with van der Waals surface area (Å²) in [6, 6.07) is 14.9. The van der Waals surface area contributed by atoms with E-state index in [0.29, 0.717) is 5.56 Å². The summed E-state index contributed by atoms with van der Waals surface area (Å²) in [7, 11) is 0.